The lowest BCUT2D eigenvalue weighted by Crippen LogP contribution is -2.55. The Kier molecular flexibility index (Phi) is 5.60. The van der Waals surface area contributed by atoms with Gasteiger partial charge in [0.15, 0.2) is 6.61 Å². The number of hydrogen-bond acceptors (Lipinski definition) is 4. The minimum atomic E-state index is -0.563. The number of nitrogens with zero attached hydrogens (tertiary/aromatic N) is 2. The van der Waals surface area contributed by atoms with E-state index in [9.17, 15) is 9.90 Å². The first kappa shape index (κ1) is 19.3. The van der Waals surface area contributed by atoms with Crippen molar-refractivity contribution in [1.29, 1.82) is 0 Å². The number of rotatable bonds is 6. The fourth-order valence-electron chi connectivity index (χ4n) is 4.73. The number of carbonyl (C=O) groups excluding carboxylic acids is 1. The molecule has 2 heterocycles. The van der Waals surface area contributed by atoms with Crippen LogP contribution in [0.1, 0.15) is 32.1 Å². The number of fused-ring (bicyclic) bond motifs is 2. The third-order valence-corrected chi connectivity index (χ3v) is 6.44. The van der Waals surface area contributed by atoms with E-state index in [1.54, 1.807) is 7.11 Å². The van der Waals surface area contributed by atoms with E-state index in [0.717, 1.165) is 48.9 Å². The molecule has 0 radical (unpaired) electrons. The lowest BCUT2D eigenvalue weighted by Gasteiger charge is -2.47. The van der Waals surface area contributed by atoms with Gasteiger partial charge in [0.25, 0.3) is 5.91 Å². The molecule has 28 heavy (non-hydrogen) atoms. The van der Waals surface area contributed by atoms with Crippen molar-refractivity contribution in [3.8, 4) is 5.75 Å². The molecule has 2 aliphatic rings. The van der Waals surface area contributed by atoms with Gasteiger partial charge in [-0.25, -0.2) is 0 Å². The topological polar surface area (TPSA) is 63.9 Å². The molecule has 1 aromatic carbocycles. The van der Waals surface area contributed by atoms with Gasteiger partial charge >= 0.3 is 0 Å². The van der Waals surface area contributed by atoms with Crippen molar-refractivity contribution in [1.82, 2.24) is 9.47 Å². The Balaban J connectivity index is 1.39. The summed E-state index contributed by atoms with van der Waals surface area (Å²) in [6.45, 7) is 2.73. The maximum absolute atomic E-state index is 12.7. The lowest BCUT2D eigenvalue weighted by atomic mass is 9.71. The van der Waals surface area contributed by atoms with Crippen LogP contribution in [0.25, 0.3) is 10.9 Å². The van der Waals surface area contributed by atoms with Gasteiger partial charge < -0.3 is 24.0 Å². The van der Waals surface area contributed by atoms with Crippen LogP contribution in [-0.4, -0.2) is 59.5 Å². The van der Waals surface area contributed by atoms with Crippen molar-refractivity contribution in [2.24, 2.45) is 5.92 Å². The van der Waals surface area contributed by atoms with E-state index >= 15 is 0 Å². The fourth-order valence-corrected chi connectivity index (χ4v) is 4.73. The van der Waals surface area contributed by atoms with Crippen molar-refractivity contribution in [3.05, 3.63) is 30.5 Å². The van der Waals surface area contributed by atoms with Gasteiger partial charge in [0.1, 0.15) is 5.75 Å². The van der Waals surface area contributed by atoms with Gasteiger partial charge in [-0.2, -0.15) is 0 Å². The fraction of sp³-hybridized carbons (Fsp3) is 0.591. The van der Waals surface area contributed by atoms with E-state index in [1.165, 1.54) is 0 Å². The zero-order valence-corrected chi connectivity index (χ0v) is 16.6. The van der Waals surface area contributed by atoms with Crippen LogP contribution in [0.15, 0.2) is 30.5 Å². The number of piperidine rings is 1. The maximum Gasteiger partial charge on any atom is 0.260 e. The van der Waals surface area contributed by atoms with Gasteiger partial charge in [-0.05, 0) is 37.5 Å². The summed E-state index contributed by atoms with van der Waals surface area (Å²) in [5.74, 6) is 0.939. The molecule has 6 nitrogen and oxygen atoms in total. The average Bonchev–Trinajstić information content (AvgIpc) is 3.13. The third-order valence-electron chi connectivity index (χ3n) is 6.44. The molecular formula is C22H30N2O4. The van der Waals surface area contributed by atoms with E-state index in [1.807, 2.05) is 35.4 Å². The monoisotopic (exact) mass is 386 g/mol. The molecule has 0 unspecified atom stereocenters. The molecule has 1 aliphatic heterocycles. The zero-order chi connectivity index (χ0) is 19.6. The SMILES string of the molecule is COCCn1ccc2c(OCC(=O)N3CC[C@@]4(O)CCCC[C@@H]4C3)cccc21. The lowest BCUT2D eigenvalue weighted by molar-refractivity contribution is -0.145. The number of aliphatic hydroxyl groups is 1. The van der Waals surface area contributed by atoms with Crippen LogP contribution in [-0.2, 0) is 16.1 Å². The Morgan fingerprint density at radius 1 is 1.29 bits per heavy atom. The third kappa shape index (κ3) is 3.76. The van der Waals surface area contributed by atoms with Gasteiger partial charge in [0.05, 0.1) is 17.7 Å². The first-order valence-corrected chi connectivity index (χ1v) is 10.3. The van der Waals surface area contributed by atoms with Crippen LogP contribution in [0.3, 0.4) is 0 Å². The molecule has 1 aliphatic carbocycles. The molecule has 152 valence electrons. The molecule has 0 spiro atoms. The van der Waals surface area contributed by atoms with E-state index in [-0.39, 0.29) is 18.4 Å². The second kappa shape index (κ2) is 8.13. The number of amides is 1. The second-order valence-corrected chi connectivity index (χ2v) is 8.12. The summed E-state index contributed by atoms with van der Waals surface area (Å²) in [4.78, 5) is 14.6. The van der Waals surface area contributed by atoms with Gasteiger partial charge in [0.2, 0.25) is 0 Å². The van der Waals surface area contributed by atoms with Crippen molar-refractivity contribution >= 4 is 16.8 Å². The summed E-state index contributed by atoms with van der Waals surface area (Å²) in [6.07, 6.45) is 6.83. The number of methoxy groups -OCH3 is 1. The predicted octanol–water partition coefficient (Wildman–Crippen LogP) is 2.82. The quantitative estimate of drug-likeness (QED) is 0.829. The smallest absolute Gasteiger partial charge is 0.260 e. The molecule has 1 saturated heterocycles. The molecule has 1 aromatic heterocycles. The molecule has 1 N–H and O–H groups in total. The summed E-state index contributed by atoms with van der Waals surface area (Å²) in [5, 5.41) is 11.8. The van der Waals surface area contributed by atoms with E-state index in [4.69, 9.17) is 9.47 Å². The molecule has 2 atom stereocenters. The van der Waals surface area contributed by atoms with Gasteiger partial charge in [-0.1, -0.05) is 18.9 Å². The molecule has 4 rings (SSSR count). The number of carbonyl (C=O) groups is 1. The Bertz CT molecular complexity index is 833. The van der Waals surface area contributed by atoms with Crippen molar-refractivity contribution in [2.45, 2.75) is 44.2 Å². The largest absolute Gasteiger partial charge is 0.483 e. The van der Waals surface area contributed by atoms with Crippen LogP contribution in [0.5, 0.6) is 5.75 Å². The molecule has 6 heteroatoms. The van der Waals surface area contributed by atoms with Crippen LogP contribution < -0.4 is 4.74 Å². The number of likely N-dealkylation sites (tertiary alicyclic amines) is 1. The molecule has 1 saturated carbocycles. The van der Waals surface area contributed by atoms with Gasteiger partial charge in [0, 0.05) is 44.2 Å². The maximum atomic E-state index is 12.7. The molecule has 2 aromatic rings. The Morgan fingerprint density at radius 2 is 2.18 bits per heavy atom. The highest BCUT2D eigenvalue weighted by atomic mass is 16.5. The summed E-state index contributed by atoms with van der Waals surface area (Å²) in [5.41, 5.74) is 0.513. The van der Waals surface area contributed by atoms with E-state index < -0.39 is 5.60 Å². The highest BCUT2D eigenvalue weighted by Crippen LogP contribution is 2.39. The number of aromatic nitrogens is 1. The first-order valence-electron chi connectivity index (χ1n) is 10.3. The van der Waals surface area contributed by atoms with Crippen molar-refractivity contribution in [3.63, 3.8) is 0 Å². The summed E-state index contributed by atoms with van der Waals surface area (Å²) in [6, 6.07) is 7.93. The number of ether oxygens (including phenoxy) is 2. The summed E-state index contributed by atoms with van der Waals surface area (Å²) >= 11 is 0. The number of benzene rings is 1. The minimum Gasteiger partial charge on any atom is -0.483 e. The second-order valence-electron chi connectivity index (χ2n) is 8.12. The highest BCUT2D eigenvalue weighted by molar-refractivity contribution is 5.87. The molecule has 0 bridgehead atoms. The van der Waals surface area contributed by atoms with Crippen molar-refractivity contribution < 1.29 is 19.4 Å². The highest BCUT2D eigenvalue weighted by Gasteiger charge is 2.43. The van der Waals surface area contributed by atoms with E-state index in [2.05, 4.69) is 4.57 Å². The predicted molar refractivity (Wildman–Crippen MR) is 107 cm³/mol. The van der Waals surface area contributed by atoms with E-state index in [0.29, 0.717) is 26.1 Å². The normalized spacial score (nSPS) is 24.9. The average molecular weight is 386 g/mol. The first-order chi connectivity index (χ1) is 13.6. The van der Waals surface area contributed by atoms with Crippen LogP contribution >= 0.6 is 0 Å². The van der Waals surface area contributed by atoms with Crippen LogP contribution in [0.4, 0.5) is 0 Å². The molecular weight excluding hydrogens is 356 g/mol. The standard InChI is InChI=1S/C22H30N2O4/c1-27-14-13-23-11-8-18-19(23)6-4-7-20(18)28-16-21(25)24-12-10-22(26)9-3-2-5-17(22)15-24/h4,6-8,11,17,26H,2-3,5,9-10,12-16H2,1H3/t17-,22+/m1/s1. The van der Waals surface area contributed by atoms with Gasteiger partial charge in [-0.15, -0.1) is 0 Å². The number of hydrogen-bond donors (Lipinski definition) is 1. The van der Waals surface area contributed by atoms with Crippen molar-refractivity contribution in [2.75, 3.05) is 33.4 Å². The molecule has 1 amide bonds. The summed E-state index contributed by atoms with van der Waals surface area (Å²) in [7, 11) is 1.70. The Hall–Kier alpha value is -2.05. The zero-order valence-electron chi connectivity index (χ0n) is 16.6. The Labute approximate surface area is 166 Å². The summed E-state index contributed by atoms with van der Waals surface area (Å²) < 4.78 is 13.2. The van der Waals surface area contributed by atoms with Crippen LogP contribution in [0.2, 0.25) is 0 Å². The minimum absolute atomic E-state index is 0.00319. The van der Waals surface area contributed by atoms with Gasteiger partial charge in [-0.3, -0.25) is 4.79 Å². The van der Waals surface area contributed by atoms with Crippen LogP contribution in [0, 0.1) is 5.92 Å². The Morgan fingerprint density at radius 3 is 3.04 bits per heavy atom. The molecule has 2 fully saturated rings.